The molecule has 6 rings (SSSR count). The van der Waals surface area contributed by atoms with Crippen molar-refractivity contribution in [1.82, 2.24) is 39.0 Å². The van der Waals surface area contributed by atoms with Crippen LogP contribution in [0.1, 0.15) is 55.4 Å². The van der Waals surface area contributed by atoms with Crippen LogP contribution in [0.2, 0.25) is 0 Å². The summed E-state index contributed by atoms with van der Waals surface area (Å²) in [6.45, 7) is 13.5. The molecule has 0 aliphatic rings. The van der Waals surface area contributed by atoms with E-state index in [-0.39, 0.29) is 24.3 Å². The monoisotopic (exact) mass is 1070 g/mol. The number of nitrogens with zero attached hydrogens (tertiary/aromatic N) is 8. The first-order chi connectivity index (χ1) is 34.8. The number of esters is 2. The molecule has 6 N–H and O–H groups in total. The number of aliphatic carboxylic acids is 2. The van der Waals surface area contributed by atoms with Gasteiger partial charge in [-0.15, -0.1) is 0 Å². The molecule has 2 aromatic carbocycles. The summed E-state index contributed by atoms with van der Waals surface area (Å²) >= 11 is 0. The molecule has 6 aromatic rings. The van der Waals surface area contributed by atoms with Crippen LogP contribution in [0.3, 0.4) is 0 Å². The van der Waals surface area contributed by atoms with Gasteiger partial charge in [0.1, 0.15) is 35.2 Å². The molecule has 0 radical (unpaired) electrons. The third kappa shape index (κ3) is 19.6. The highest BCUT2D eigenvalue weighted by molar-refractivity contribution is 7.54. The summed E-state index contributed by atoms with van der Waals surface area (Å²) in [4.78, 5) is 67.8. The van der Waals surface area contributed by atoms with Crippen LogP contribution in [0.15, 0.2) is 98.1 Å². The van der Waals surface area contributed by atoms with E-state index in [1.165, 1.54) is 12.7 Å². The number of nitrogen functional groups attached to an aromatic ring is 2. The maximum Gasteiger partial charge on any atom is 0.407 e. The number of imidazole rings is 2. The first kappa shape index (κ1) is 59.2. The van der Waals surface area contributed by atoms with Crippen LogP contribution in [0.5, 0.6) is 11.5 Å². The second-order valence-electron chi connectivity index (χ2n) is 17.8. The molecule has 4 aromatic heterocycles. The standard InChI is InChI=1S/2C21H28N5O6P.C4H4O4/c2*1-15(10-26-12-25-17-18(22)23-11-24-19(17)26)30-14-33(28,32-16-8-6-5-7-9-16)31-13-29-20(27)21(2,3)4;5-3(6)1-2-4(7)8/h2*5-9,11-12,15H,10,13-14H2,1-4H3,(H2,22,23,24);1-2H,(H,5,6)(H,7,8)/b;;2-1+/t2*15-,33?;/m11./s1. The third-order valence-electron chi connectivity index (χ3n) is 9.25. The van der Waals surface area contributed by atoms with Crippen molar-refractivity contribution in [3.8, 4) is 11.5 Å². The Morgan fingerprint density at radius 2 is 0.946 bits per heavy atom. The van der Waals surface area contributed by atoms with Gasteiger partial charge in [-0.1, -0.05) is 36.4 Å². The van der Waals surface area contributed by atoms with E-state index in [1.54, 1.807) is 138 Å². The van der Waals surface area contributed by atoms with E-state index in [4.69, 9.17) is 58.7 Å². The molecule has 28 heteroatoms. The van der Waals surface area contributed by atoms with E-state index in [0.29, 0.717) is 59.1 Å². The Balaban J connectivity index is 0.000000279. The summed E-state index contributed by atoms with van der Waals surface area (Å²) in [6, 6.07) is 17.1. The molecule has 4 atom stereocenters. The zero-order valence-electron chi connectivity index (χ0n) is 41.9. The van der Waals surface area contributed by atoms with Crippen LogP contribution in [0.4, 0.5) is 11.6 Å². The van der Waals surface area contributed by atoms with Gasteiger partial charge < -0.3 is 58.8 Å². The van der Waals surface area contributed by atoms with E-state index >= 15 is 0 Å². The number of ether oxygens (including phenoxy) is 4. The Labute approximate surface area is 425 Å². The normalized spacial score (nSPS) is 14.0. The van der Waals surface area contributed by atoms with Gasteiger partial charge >= 0.3 is 39.1 Å². The smallest absolute Gasteiger partial charge is 0.407 e. The molecule has 0 fully saturated rings. The quantitative estimate of drug-likeness (QED) is 0.0232. The second-order valence-corrected chi connectivity index (χ2v) is 21.6. The minimum Gasteiger partial charge on any atom is -0.478 e. The first-order valence-corrected chi connectivity index (χ1v) is 25.7. The zero-order chi connectivity index (χ0) is 54.7. The number of aromatic nitrogens is 8. The summed E-state index contributed by atoms with van der Waals surface area (Å²) in [5, 5.41) is 15.6. The van der Waals surface area contributed by atoms with Crippen LogP contribution in [-0.2, 0) is 69.4 Å². The number of carboxylic acid groups (broad SMARTS) is 2. The van der Waals surface area contributed by atoms with Crippen molar-refractivity contribution in [3.05, 3.63) is 98.1 Å². The SMILES string of the molecule is C[C@H](Cn1cnc2c(N)ncnc21)OCP(=O)(OCOC(=O)C(C)(C)C)Oc1ccccc1.C[C@H](Cn1cnc2c(N)ncnc21)OCP(=O)(OCOC(=O)C(C)(C)C)Oc1ccccc1.O=C(O)/C=C/C(=O)O. The fourth-order valence-corrected chi connectivity index (χ4v) is 8.07. The maximum atomic E-state index is 13.4. The Bertz CT molecular complexity index is 2730. The number of carbonyl (C=O) groups excluding carboxylic acids is 2. The van der Waals surface area contributed by atoms with Crippen molar-refractivity contribution in [3.63, 3.8) is 0 Å². The van der Waals surface area contributed by atoms with E-state index in [2.05, 4.69) is 29.9 Å². The van der Waals surface area contributed by atoms with Gasteiger partial charge in [0, 0.05) is 12.2 Å². The van der Waals surface area contributed by atoms with Crippen molar-refractivity contribution >= 4 is 73.0 Å². The molecule has 0 aliphatic heterocycles. The highest BCUT2D eigenvalue weighted by Gasteiger charge is 2.32. The third-order valence-corrected chi connectivity index (χ3v) is 12.2. The number of hydrogen-bond acceptors (Lipinski definition) is 22. The maximum absolute atomic E-state index is 13.4. The first-order valence-electron chi connectivity index (χ1n) is 22.3. The number of carboxylic acids is 2. The molecular formula is C46H60N10O16P2. The topological polar surface area (TPSA) is 356 Å². The summed E-state index contributed by atoms with van der Waals surface area (Å²) in [5.41, 5.74) is 12.3. The number of para-hydroxylation sites is 2. The number of hydrogen-bond donors (Lipinski definition) is 4. The lowest BCUT2D eigenvalue weighted by molar-refractivity contribution is -0.160. The van der Waals surface area contributed by atoms with Crippen molar-refractivity contribution in [2.75, 3.05) is 37.7 Å². The minimum absolute atomic E-state index is 0.284. The molecule has 0 saturated carbocycles. The summed E-state index contributed by atoms with van der Waals surface area (Å²) < 4.78 is 73.9. The number of anilines is 2. The summed E-state index contributed by atoms with van der Waals surface area (Å²) in [6.07, 6.45) is 5.45. The van der Waals surface area contributed by atoms with Gasteiger partial charge in [-0.25, -0.2) is 48.6 Å². The molecule has 26 nitrogen and oxygen atoms in total. The number of benzene rings is 2. The molecule has 74 heavy (non-hydrogen) atoms. The molecule has 0 amide bonds. The number of fused-ring (bicyclic) bond motifs is 2. The van der Waals surface area contributed by atoms with E-state index in [1.807, 2.05) is 0 Å². The molecule has 2 unspecified atom stereocenters. The highest BCUT2D eigenvalue weighted by Crippen LogP contribution is 2.49. The Hall–Kier alpha value is -7.34. The van der Waals surface area contributed by atoms with Crippen molar-refractivity contribution in [1.29, 1.82) is 0 Å². The highest BCUT2D eigenvalue weighted by atomic mass is 31.2. The van der Waals surface area contributed by atoms with Crippen molar-refractivity contribution in [2.24, 2.45) is 10.8 Å². The molecular weight excluding hydrogens is 1010 g/mol. The van der Waals surface area contributed by atoms with Gasteiger partial charge in [0.25, 0.3) is 0 Å². The van der Waals surface area contributed by atoms with E-state index < -0.39 is 75.7 Å². The molecule has 0 aliphatic carbocycles. The summed E-state index contributed by atoms with van der Waals surface area (Å²) in [7, 11) is -7.64. The lowest BCUT2D eigenvalue weighted by atomic mass is 9.98. The van der Waals surface area contributed by atoms with Crippen LogP contribution >= 0.6 is 15.2 Å². The molecule has 0 bridgehead atoms. The minimum atomic E-state index is -3.82. The van der Waals surface area contributed by atoms with Gasteiger partial charge in [0.2, 0.25) is 13.6 Å². The van der Waals surface area contributed by atoms with Crippen molar-refractivity contribution < 1.29 is 75.6 Å². The predicted octanol–water partition coefficient (Wildman–Crippen LogP) is 6.93. The predicted molar refractivity (Wildman–Crippen MR) is 267 cm³/mol. The van der Waals surface area contributed by atoms with Gasteiger partial charge in [-0.05, 0) is 79.7 Å². The molecule has 0 spiro atoms. The molecule has 400 valence electrons. The molecule has 0 saturated heterocycles. The fourth-order valence-electron chi connectivity index (χ4n) is 5.52. The van der Waals surface area contributed by atoms with Crippen LogP contribution in [0.25, 0.3) is 22.3 Å². The van der Waals surface area contributed by atoms with Crippen LogP contribution in [-0.4, -0.2) is 112 Å². The number of nitrogens with two attached hydrogens (primary N) is 2. The van der Waals surface area contributed by atoms with Gasteiger partial charge in [0.05, 0.1) is 48.8 Å². The Kier molecular flexibility index (Phi) is 21.7. The Morgan fingerprint density at radius 3 is 1.27 bits per heavy atom. The van der Waals surface area contributed by atoms with Gasteiger partial charge in [-0.2, -0.15) is 0 Å². The number of rotatable bonds is 22. The largest absolute Gasteiger partial charge is 0.478 e. The van der Waals surface area contributed by atoms with Crippen LogP contribution < -0.4 is 20.5 Å². The fraction of sp³-hybridized carbons (Fsp3) is 0.391. The van der Waals surface area contributed by atoms with E-state index in [0.717, 1.165) is 0 Å². The average Bonchev–Trinajstić information content (AvgIpc) is 3.95. The zero-order valence-corrected chi connectivity index (χ0v) is 43.7. The van der Waals surface area contributed by atoms with Gasteiger partial charge in [-0.3, -0.25) is 18.6 Å². The second kappa shape index (κ2) is 27.1. The summed E-state index contributed by atoms with van der Waals surface area (Å²) in [5.74, 6) is -2.25. The number of carbonyl (C=O) groups is 4. The Morgan fingerprint density at radius 1 is 0.595 bits per heavy atom. The average molecular weight is 1070 g/mol. The van der Waals surface area contributed by atoms with E-state index in [9.17, 15) is 28.3 Å². The van der Waals surface area contributed by atoms with Gasteiger partial charge in [0.15, 0.2) is 35.6 Å². The van der Waals surface area contributed by atoms with Crippen LogP contribution in [0, 0.1) is 10.8 Å². The molecule has 4 heterocycles. The lowest BCUT2D eigenvalue weighted by Crippen LogP contribution is -2.24. The van der Waals surface area contributed by atoms with Crippen molar-refractivity contribution in [2.45, 2.75) is 80.7 Å². The lowest BCUT2D eigenvalue weighted by Gasteiger charge is -2.22.